The van der Waals surface area contributed by atoms with Crippen LogP contribution in [0, 0.1) is 6.92 Å². The standard InChI is InChI=1S/C20H21N3O3S2/c1-3-22-9-8-14-15(10-22)28-18-17(14)19(26)23(13-6-4-12(2)5-7-13)20(21-18)27-11-16(24)25/h4-7H,3,8-11H2,1-2H3,(H,24,25). The van der Waals surface area contributed by atoms with Crippen molar-refractivity contribution >= 4 is 39.3 Å². The molecular weight excluding hydrogens is 394 g/mol. The number of aryl methyl sites for hydroxylation is 1. The van der Waals surface area contributed by atoms with Crippen LogP contribution in [0.5, 0.6) is 0 Å². The Hall–Kier alpha value is -2.16. The molecule has 146 valence electrons. The Labute approximate surface area is 170 Å². The van der Waals surface area contributed by atoms with Crippen molar-refractivity contribution in [1.29, 1.82) is 0 Å². The van der Waals surface area contributed by atoms with E-state index in [1.165, 1.54) is 4.88 Å². The third kappa shape index (κ3) is 3.47. The van der Waals surface area contributed by atoms with Crippen molar-refractivity contribution in [2.75, 3.05) is 18.8 Å². The van der Waals surface area contributed by atoms with Crippen LogP contribution in [-0.2, 0) is 17.8 Å². The third-order valence-electron chi connectivity index (χ3n) is 4.99. The van der Waals surface area contributed by atoms with Gasteiger partial charge in [-0.25, -0.2) is 4.98 Å². The van der Waals surface area contributed by atoms with E-state index >= 15 is 0 Å². The average molecular weight is 416 g/mol. The quantitative estimate of drug-likeness (QED) is 0.509. The number of likely N-dealkylation sites (N-methyl/N-ethyl adjacent to an activating group) is 1. The van der Waals surface area contributed by atoms with Crippen LogP contribution in [0.1, 0.15) is 22.9 Å². The van der Waals surface area contributed by atoms with Gasteiger partial charge in [0.05, 0.1) is 16.8 Å². The molecule has 0 aliphatic carbocycles. The molecule has 2 aromatic heterocycles. The molecule has 6 nitrogen and oxygen atoms in total. The van der Waals surface area contributed by atoms with E-state index in [9.17, 15) is 9.59 Å². The molecule has 0 radical (unpaired) electrons. The van der Waals surface area contributed by atoms with Gasteiger partial charge in [-0.05, 0) is 37.6 Å². The molecule has 1 N–H and O–H groups in total. The molecule has 0 unspecified atom stereocenters. The first-order chi connectivity index (χ1) is 13.5. The summed E-state index contributed by atoms with van der Waals surface area (Å²) >= 11 is 2.64. The Kier molecular flexibility index (Phi) is 5.27. The zero-order chi connectivity index (χ0) is 19.8. The summed E-state index contributed by atoms with van der Waals surface area (Å²) in [6, 6.07) is 7.65. The molecule has 1 aliphatic heterocycles. The van der Waals surface area contributed by atoms with Crippen LogP contribution in [0.3, 0.4) is 0 Å². The first-order valence-corrected chi connectivity index (χ1v) is 11.0. The van der Waals surface area contributed by atoms with Gasteiger partial charge in [0.25, 0.3) is 5.56 Å². The lowest BCUT2D eigenvalue weighted by Gasteiger charge is -2.25. The summed E-state index contributed by atoms with van der Waals surface area (Å²) in [7, 11) is 0. The normalized spacial score (nSPS) is 14.4. The van der Waals surface area contributed by atoms with Crippen molar-refractivity contribution in [3.8, 4) is 5.69 Å². The van der Waals surface area contributed by atoms with Gasteiger partial charge in [0, 0.05) is 18.0 Å². The molecule has 0 spiro atoms. The number of carbonyl (C=O) groups is 1. The van der Waals surface area contributed by atoms with Gasteiger partial charge in [-0.1, -0.05) is 36.4 Å². The zero-order valence-corrected chi connectivity index (χ0v) is 17.4. The van der Waals surface area contributed by atoms with E-state index in [2.05, 4.69) is 11.8 Å². The maximum absolute atomic E-state index is 13.5. The van der Waals surface area contributed by atoms with Crippen LogP contribution in [0.15, 0.2) is 34.2 Å². The topological polar surface area (TPSA) is 75.4 Å². The number of rotatable bonds is 5. The van der Waals surface area contributed by atoms with E-state index in [0.717, 1.165) is 48.9 Å². The van der Waals surface area contributed by atoms with Crippen LogP contribution in [-0.4, -0.2) is 44.4 Å². The average Bonchev–Trinajstić information content (AvgIpc) is 3.05. The highest BCUT2D eigenvalue weighted by atomic mass is 32.2. The highest BCUT2D eigenvalue weighted by Crippen LogP contribution is 2.34. The smallest absolute Gasteiger partial charge is 0.313 e. The molecule has 3 heterocycles. The maximum Gasteiger partial charge on any atom is 0.313 e. The number of thiophene rings is 1. The Balaban J connectivity index is 1.93. The van der Waals surface area contributed by atoms with Crippen LogP contribution in [0.25, 0.3) is 15.9 Å². The fourth-order valence-corrected chi connectivity index (χ4v) is 5.53. The summed E-state index contributed by atoms with van der Waals surface area (Å²) in [6.07, 6.45) is 0.843. The fraction of sp³-hybridized carbons (Fsp3) is 0.350. The number of benzene rings is 1. The van der Waals surface area contributed by atoms with Gasteiger partial charge < -0.3 is 5.11 Å². The lowest BCUT2D eigenvalue weighted by Crippen LogP contribution is -2.30. The zero-order valence-electron chi connectivity index (χ0n) is 15.8. The van der Waals surface area contributed by atoms with Gasteiger partial charge in [0.1, 0.15) is 4.83 Å². The number of aromatic nitrogens is 2. The first-order valence-electron chi connectivity index (χ1n) is 9.19. The van der Waals surface area contributed by atoms with Gasteiger partial charge >= 0.3 is 5.97 Å². The number of aliphatic carboxylic acids is 1. The number of thioether (sulfide) groups is 1. The molecule has 4 rings (SSSR count). The molecule has 0 fully saturated rings. The summed E-state index contributed by atoms with van der Waals surface area (Å²) in [5, 5.41) is 10.2. The Bertz CT molecular complexity index is 1100. The van der Waals surface area contributed by atoms with Gasteiger partial charge in [-0.3, -0.25) is 19.1 Å². The van der Waals surface area contributed by atoms with E-state index in [4.69, 9.17) is 10.1 Å². The minimum absolute atomic E-state index is 0.107. The Morgan fingerprint density at radius 1 is 1.32 bits per heavy atom. The highest BCUT2D eigenvalue weighted by molar-refractivity contribution is 7.99. The number of nitrogens with zero attached hydrogens (tertiary/aromatic N) is 3. The Morgan fingerprint density at radius 2 is 2.07 bits per heavy atom. The summed E-state index contributed by atoms with van der Waals surface area (Å²) in [6.45, 7) is 6.89. The van der Waals surface area contributed by atoms with Gasteiger partial charge in [0.15, 0.2) is 5.16 Å². The van der Waals surface area contributed by atoms with Gasteiger partial charge in [-0.2, -0.15) is 0 Å². The molecule has 0 atom stereocenters. The molecule has 0 amide bonds. The third-order valence-corrected chi connectivity index (χ3v) is 7.02. The molecule has 1 aliphatic rings. The predicted octanol–water partition coefficient (Wildman–Crippen LogP) is 3.31. The first kappa shape index (κ1) is 19.2. The minimum atomic E-state index is -0.932. The molecule has 28 heavy (non-hydrogen) atoms. The van der Waals surface area contributed by atoms with Crippen molar-refractivity contribution in [1.82, 2.24) is 14.5 Å². The van der Waals surface area contributed by atoms with Gasteiger partial charge in [0.2, 0.25) is 0 Å². The molecular formula is C20H21N3O3S2. The molecule has 0 saturated carbocycles. The van der Waals surface area contributed by atoms with E-state index < -0.39 is 5.97 Å². The second kappa shape index (κ2) is 7.69. The number of hydrogen-bond donors (Lipinski definition) is 1. The van der Waals surface area contributed by atoms with E-state index in [1.807, 2.05) is 31.2 Å². The number of carboxylic acid groups (broad SMARTS) is 1. The van der Waals surface area contributed by atoms with E-state index in [0.29, 0.717) is 21.1 Å². The second-order valence-corrected chi connectivity index (χ2v) is 8.88. The molecule has 8 heteroatoms. The van der Waals surface area contributed by atoms with Crippen LogP contribution in [0.4, 0.5) is 0 Å². The molecule has 0 saturated heterocycles. The summed E-state index contributed by atoms with van der Waals surface area (Å²) in [4.78, 5) is 33.6. The monoisotopic (exact) mass is 415 g/mol. The molecule has 1 aromatic carbocycles. The van der Waals surface area contributed by atoms with Crippen molar-refractivity contribution in [2.24, 2.45) is 0 Å². The van der Waals surface area contributed by atoms with E-state index in [-0.39, 0.29) is 11.3 Å². The number of fused-ring (bicyclic) bond motifs is 3. The van der Waals surface area contributed by atoms with Crippen LogP contribution >= 0.6 is 23.1 Å². The van der Waals surface area contributed by atoms with Crippen LogP contribution in [0.2, 0.25) is 0 Å². The maximum atomic E-state index is 13.5. The number of hydrogen-bond acceptors (Lipinski definition) is 6. The lowest BCUT2D eigenvalue weighted by atomic mass is 10.1. The van der Waals surface area contributed by atoms with E-state index in [1.54, 1.807) is 15.9 Å². The van der Waals surface area contributed by atoms with Crippen LogP contribution < -0.4 is 5.56 Å². The SMILES string of the molecule is CCN1CCc2c(sc3nc(SCC(=O)O)n(-c4ccc(C)cc4)c(=O)c23)C1. The summed E-state index contributed by atoms with van der Waals surface area (Å²) in [5.41, 5.74) is 2.81. The van der Waals surface area contributed by atoms with Crippen molar-refractivity contribution < 1.29 is 9.90 Å². The summed E-state index contributed by atoms with van der Waals surface area (Å²) in [5.74, 6) is -1.07. The summed E-state index contributed by atoms with van der Waals surface area (Å²) < 4.78 is 1.56. The van der Waals surface area contributed by atoms with Crippen molar-refractivity contribution in [3.63, 3.8) is 0 Å². The fourth-order valence-electron chi connectivity index (χ4n) is 3.49. The lowest BCUT2D eigenvalue weighted by molar-refractivity contribution is -0.133. The molecule has 0 bridgehead atoms. The second-order valence-electron chi connectivity index (χ2n) is 6.86. The van der Waals surface area contributed by atoms with Crippen molar-refractivity contribution in [3.05, 3.63) is 50.6 Å². The number of carboxylic acids is 1. The highest BCUT2D eigenvalue weighted by Gasteiger charge is 2.25. The predicted molar refractivity (Wildman–Crippen MR) is 113 cm³/mol. The van der Waals surface area contributed by atoms with Gasteiger partial charge in [-0.15, -0.1) is 11.3 Å². The Morgan fingerprint density at radius 3 is 2.75 bits per heavy atom. The largest absolute Gasteiger partial charge is 0.481 e. The minimum Gasteiger partial charge on any atom is -0.481 e. The van der Waals surface area contributed by atoms with Crippen molar-refractivity contribution in [2.45, 2.75) is 32.0 Å². The molecule has 3 aromatic rings.